The van der Waals surface area contributed by atoms with E-state index >= 15 is 0 Å². The highest BCUT2D eigenvalue weighted by Crippen LogP contribution is 2.41. The summed E-state index contributed by atoms with van der Waals surface area (Å²) in [5.74, 6) is 0.947. The fourth-order valence-corrected chi connectivity index (χ4v) is 6.38. The molecule has 0 amide bonds. The normalized spacial score (nSPS) is 23.1. The summed E-state index contributed by atoms with van der Waals surface area (Å²) in [6, 6.07) is 15.4. The smallest absolute Gasteiger partial charge is 0.181 e. The first-order valence-corrected chi connectivity index (χ1v) is 11.8. The monoisotopic (exact) mass is 416 g/mol. The van der Waals surface area contributed by atoms with E-state index in [1.54, 1.807) is 0 Å². The number of fused-ring (bicyclic) bond motifs is 1. The van der Waals surface area contributed by atoms with E-state index in [1.807, 2.05) is 65.3 Å². The molecule has 2 aliphatic heterocycles. The van der Waals surface area contributed by atoms with Crippen LogP contribution in [0.5, 0.6) is 5.75 Å². The lowest BCUT2D eigenvalue weighted by Crippen LogP contribution is -2.37. The maximum absolute atomic E-state index is 12.5. The van der Waals surface area contributed by atoms with Gasteiger partial charge in [0, 0.05) is 5.69 Å². The Morgan fingerprint density at radius 1 is 1.04 bits per heavy atom. The molecule has 7 heteroatoms. The number of rotatable bonds is 5. The quantitative estimate of drug-likeness (QED) is 0.695. The first kappa shape index (κ1) is 19.2. The van der Waals surface area contributed by atoms with Crippen molar-refractivity contribution in [1.82, 2.24) is 0 Å². The van der Waals surface area contributed by atoms with Crippen LogP contribution < -0.4 is 14.5 Å². The molecule has 0 radical (unpaired) electrons. The first-order chi connectivity index (χ1) is 13.4. The third-order valence-corrected chi connectivity index (χ3v) is 7.36. The molecule has 2 saturated heterocycles. The van der Waals surface area contributed by atoms with Crippen molar-refractivity contribution >= 4 is 38.5 Å². The zero-order valence-electron chi connectivity index (χ0n) is 16.0. The number of hydrogen-bond acceptors (Lipinski definition) is 4. The van der Waals surface area contributed by atoms with Gasteiger partial charge in [-0.2, -0.15) is 0 Å². The molecule has 0 aromatic heterocycles. The fourth-order valence-electron chi connectivity index (χ4n) is 3.98. The highest BCUT2D eigenvalue weighted by molar-refractivity contribution is 7.91. The van der Waals surface area contributed by atoms with Crippen LogP contribution in [0.4, 0.5) is 11.4 Å². The van der Waals surface area contributed by atoms with Crippen LogP contribution >= 0.6 is 12.2 Å². The Labute approximate surface area is 171 Å². The summed E-state index contributed by atoms with van der Waals surface area (Å²) in [4.78, 5) is 3.98. The van der Waals surface area contributed by atoms with Crippen LogP contribution in [-0.4, -0.2) is 43.7 Å². The van der Waals surface area contributed by atoms with E-state index in [0.29, 0.717) is 11.7 Å². The van der Waals surface area contributed by atoms with E-state index in [2.05, 4.69) is 6.92 Å². The van der Waals surface area contributed by atoms with Crippen LogP contribution in [-0.2, 0) is 9.84 Å². The molecule has 0 saturated carbocycles. The largest absolute Gasteiger partial charge is 0.491 e. The third kappa shape index (κ3) is 3.37. The molecular formula is C21H24N2O3S2. The highest BCUT2D eigenvalue weighted by Gasteiger charge is 2.53. The Kier molecular flexibility index (Phi) is 5.05. The van der Waals surface area contributed by atoms with Gasteiger partial charge in [-0.15, -0.1) is 0 Å². The van der Waals surface area contributed by atoms with Gasteiger partial charge in [0.2, 0.25) is 0 Å². The molecule has 2 atom stereocenters. The summed E-state index contributed by atoms with van der Waals surface area (Å²) < 4.78 is 30.9. The zero-order valence-corrected chi connectivity index (χ0v) is 17.7. The van der Waals surface area contributed by atoms with Crippen LogP contribution in [0.3, 0.4) is 0 Å². The van der Waals surface area contributed by atoms with Gasteiger partial charge in [0.1, 0.15) is 5.75 Å². The molecule has 0 N–H and O–H groups in total. The van der Waals surface area contributed by atoms with Crippen molar-refractivity contribution in [3.05, 3.63) is 54.1 Å². The van der Waals surface area contributed by atoms with Gasteiger partial charge in [0.25, 0.3) is 0 Å². The van der Waals surface area contributed by atoms with Gasteiger partial charge in [0.15, 0.2) is 14.9 Å². The van der Waals surface area contributed by atoms with Crippen LogP contribution in [0.2, 0.25) is 0 Å². The van der Waals surface area contributed by atoms with Crippen LogP contribution in [0.15, 0.2) is 48.5 Å². The standard InChI is InChI=1S/C21H24N2O3S2/c1-3-12-26-20-7-5-4-6-17(20)23-19-14-28(24,25)13-18(19)22(21(23)27)16-10-8-15(2)9-11-16/h4-11,18-19H,3,12-14H2,1-2H3. The Hall–Kier alpha value is -2.12. The predicted molar refractivity (Wildman–Crippen MR) is 117 cm³/mol. The average molecular weight is 417 g/mol. The summed E-state index contributed by atoms with van der Waals surface area (Å²) in [5.41, 5.74) is 2.92. The average Bonchev–Trinajstić information content (AvgIpc) is 3.10. The lowest BCUT2D eigenvalue weighted by molar-refractivity contribution is 0.318. The van der Waals surface area contributed by atoms with E-state index in [0.717, 1.165) is 29.1 Å². The van der Waals surface area contributed by atoms with Gasteiger partial charge in [-0.1, -0.05) is 36.8 Å². The summed E-state index contributed by atoms with van der Waals surface area (Å²) in [5, 5.41) is 0.626. The molecule has 148 valence electrons. The minimum atomic E-state index is -3.13. The first-order valence-electron chi connectivity index (χ1n) is 9.52. The van der Waals surface area contributed by atoms with Crippen molar-refractivity contribution in [3.63, 3.8) is 0 Å². The molecule has 2 aromatic carbocycles. The third-order valence-electron chi connectivity index (χ3n) is 5.27. The molecule has 2 aliphatic rings. The predicted octanol–water partition coefficient (Wildman–Crippen LogP) is 3.56. The molecule has 2 unspecified atom stereocenters. The van der Waals surface area contributed by atoms with Crippen molar-refractivity contribution in [2.75, 3.05) is 27.9 Å². The number of aryl methyl sites for hydroxylation is 1. The van der Waals surface area contributed by atoms with Crippen molar-refractivity contribution in [1.29, 1.82) is 0 Å². The summed E-state index contributed by atoms with van der Waals surface area (Å²) in [7, 11) is -3.13. The number of anilines is 2. The van der Waals surface area contributed by atoms with Crippen molar-refractivity contribution in [2.24, 2.45) is 0 Å². The van der Waals surface area contributed by atoms with Crippen molar-refractivity contribution < 1.29 is 13.2 Å². The summed E-state index contributed by atoms with van der Waals surface area (Å²) in [6.07, 6.45) is 0.898. The molecule has 28 heavy (non-hydrogen) atoms. The molecular weight excluding hydrogens is 392 g/mol. The number of para-hydroxylation sites is 2. The minimum absolute atomic E-state index is 0.0995. The van der Waals surface area contributed by atoms with Gasteiger partial charge in [-0.3, -0.25) is 0 Å². The molecule has 2 heterocycles. The molecule has 0 bridgehead atoms. The molecule has 2 fully saturated rings. The number of benzene rings is 2. The molecule has 2 aromatic rings. The van der Waals surface area contributed by atoms with E-state index in [9.17, 15) is 8.42 Å². The Bertz CT molecular complexity index is 989. The van der Waals surface area contributed by atoms with Crippen molar-refractivity contribution in [3.8, 4) is 5.75 Å². The van der Waals surface area contributed by atoms with Gasteiger partial charge >= 0.3 is 0 Å². The van der Waals surface area contributed by atoms with Crippen LogP contribution in [0.25, 0.3) is 0 Å². The number of hydrogen-bond donors (Lipinski definition) is 0. The lowest BCUT2D eigenvalue weighted by Gasteiger charge is -2.27. The Balaban J connectivity index is 1.78. The second-order valence-electron chi connectivity index (χ2n) is 7.39. The van der Waals surface area contributed by atoms with Crippen LogP contribution in [0.1, 0.15) is 18.9 Å². The zero-order chi connectivity index (χ0) is 19.9. The molecule has 0 spiro atoms. The molecule has 5 nitrogen and oxygen atoms in total. The topological polar surface area (TPSA) is 49.9 Å². The lowest BCUT2D eigenvalue weighted by atomic mass is 10.1. The minimum Gasteiger partial charge on any atom is -0.491 e. The second-order valence-corrected chi connectivity index (χ2v) is 9.90. The SMILES string of the molecule is CCCOc1ccccc1N1C(=S)N(c2ccc(C)cc2)C2CS(=O)(=O)CC21. The van der Waals surface area contributed by atoms with Gasteiger partial charge in [-0.05, 0) is 49.8 Å². The van der Waals surface area contributed by atoms with Gasteiger partial charge in [0.05, 0.1) is 35.9 Å². The van der Waals surface area contributed by atoms with E-state index in [4.69, 9.17) is 17.0 Å². The summed E-state index contributed by atoms with van der Waals surface area (Å²) in [6.45, 7) is 4.69. The van der Waals surface area contributed by atoms with Gasteiger partial charge in [-0.25, -0.2) is 8.42 Å². The van der Waals surface area contributed by atoms with E-state index < -0.39 is 9.84 Å². The molecule has 4 rings (SSSR count). The Morgan fingerprint density at radius 2 is 1.68 bits per heavy atom. The Morgan fingerprint density at radius 3 is 2.36 bits per heavy atom. The molecule has 0 aliphatic carbocycles. The number of ether oxygens (including phenoxy) is 1. The number of nitrogens with zero attached hydrogens (tertiary/aromatic N) is 2. The maximum Gasteiger partial charge on any atom is 0.181 e. The number of sulfone groups is 1. The van der Waals surface area contributed by atoms with E-state index in [-0.39, 0.29) is 23.6 Å². The van der Waals surface area contributed by atoms with Gasteiger partial charge < -0.3 is 14.5 Å². The van der Waals surface area contributed by atoms with E-state index in [1.165, 1.54) is 0 Å². The highest BCUT2D eigenvalue weighted by atomic mass is 32.2. The number of thiocarbonyl (C=S) groups is 1. The summed E-state index contributed by atoms with van der Waals surface area (Å²) >= 11 is 5.86. The fraction of sp³-hybridized carbons (Fsp3) is 0.381. The van der Waals surface area contributed by atoms with Crippen LogP contribution in [0, 0.1) is 6.92 Å². The van der Waals surface area contributed by atoms with Crippen molar-refractivity contribution in [2.45, 2.75) is 32.4 Å². The maximum atomic E-state index is 12.5. The second kappa shape index (κ2) is 7.37.